The molecule has 2 fully saturated rings. The summed E-state index contributed by atoms with van der Waals surface area (Å²) >= 11 is 0. The molecule has 0 unspecified atom stereocenters. The number of alkyl halides is 3. The van der Waals surface area contributed by atoms with E-state index in [2.05, 4.69) is 0 Å². The molecule has 1 aromatic rings. The summed E-state index contributed by atoms with van der Waals surface area (Å²) < 4.78 is 42.4. The van der Waals surface area contributed by atoms with Crippen LogP contribution >= 0.6 is 0 Å². The van der Waals surface area contributed by atoms with Crippen LogP contribution in [0.3, 0.4) is 0 Å². The van der Waals surface area contributed by atoms with Gasteiger partial charge in [0.15, 0.2) is 6.61 Å². The Bertz CT molecular complexity index is 694. The first-order valence-electron chi connectivity index (χ1n) is 8.18. The number of hydrogen-bond donors (Lipinski definition) is 0. The molecule has 2 heterocycles. The maximum atomic E-state index is 12.6. The van der Waals surface area contributed by atoms with Gasteiger partial charge in [-0.25, -0.2) is 9.69 Å². The van der Waals surface area contributed by atoms with Gasteiger partial charge in [0, 0.05) is 19.1 Å². The second-order valence-corrected chi connectivity index (χ2v) is 6.30. The van der Waals surface area contributed by atoms with Crippen LogP contribution in [0.15, 0.2) is 24.3 Å². The molecule has 9 heteroatoms. The van der Waals surface area contributed by atoms with E-state index in [0.717, 1.165) is 17.0 Å². The SMILES string of the molecule is O=C(Cc1ccc(C(F)(F)F)cc1)N1CCC(N2C(=O)COC2=O)CC1. The van der Waals surface area contributed by atoms with Crippen molar-refractivity contribution in [2.24, 2.45) is 0 Å². The van der Waals surface area contributed by atoms with E-state index in [1.54, 1.807) is 4.90 Å². The minimum Gasteiger partial charge on any atom is -0.439 e. The van der Waals surface area contributed by atoms with Crippen molar-refractivity contribution in [1.29, 1.82) is 0 Å². The zero-order chi connectivity index (χ0) is 18.9. The number of halogens is 3. The molecule has 2 aliphatic rings. The van der Waals surface area contributed by atoms with Crippen LogP contribution in [0.25, 0.3) is 0 Å². The Labute approximate surface area is 147 Å². The van der Waals surface area contributed by atoms with E-state index in [1.807, 2.05) is 0 Å². The van der Waals surface area contributed by atoms with Crippen molar-refractivity contribution >= 4 is 17.9 Å². The highest BCUT2D eigenvalue weighted by Crippen LogP contribution is 2.29. The molecule has 3 amide bonds. The molecule has 26 heavy (non-hydrogen) atoms. The summed E-state index contributed by atoms with van der Waals surface area (Å²) in [6, 6.07) is 4.23. The number of rotatable bonds is 3. The lowest BCUT2D eigenvalue weighted by Crippen LogP contribution is -2.48. The van der Waals surface area contributed by atoms with Gasteiger partial charge in [0.1, 0.15) is 0 Å². The molecule has 0 aromatic heterocycles. The number of carbonyl (C=O) groups excluding carboxylic acids is 3. The Balaban J connectivity index is 1.54. The minimum absolute atomic E-state index is 0.00743. The number of nitrogens with zero attached hydrogens (tertiary/aromatic N) is 2. The highest BCUT2D eigenvalue weighted by atomic mass is 19.4. The van der Waals surface area contributed by atoms with Gasteiger partial charge in [-0.1, -0.05) is 12.1 Å². The summed E-state index contributed by atoms with van der Waals surface area (Å²) in [6.45, 7) is 0.508. The van der Waals surface area contributed by atoms with E-state index < -0.39 is 17.8 Å². The standard InChI is InChI=1S/C17H17F3N2O4/c18-17(19,20)12-3-1-11(2-4-12)9-14(23)21-7-5-13(6-8-21)22-15(24)10-26-16(22)25/h1-4,13H,5-10H2. The average Bonchev–Trinajstić information content (AvgIpc) is 2.93. The first-order valence-corrected chi connectivity index (χ1v) is 8.18. The monoisotopic (exact) mass is 370 g/mol. The normalized spacial score (nSPS) is 19.0. The van der Waals surface area contributed by atoms with E-state index in [-0.39, 0.29) is 30.9 Å². The largest absolute Gasteiger partial charge is 0.439 e. The maximum Gasteiger partial charge on any atom is 0.417 e. The van der Waals surface area contributed by atoms with Crippen molar-refractivity contribution < 1.29 is 32.3 Å². The fourth-order valence-corrected chi connectivity index (χ4v) is 3.19. The minimum atomic E-state index is -4.40. The molecule has 2 saturated heterocycles. The summed E-state index contributed by atoms with van der Waals surface area (Å²) in [7, 11) is 0. The van der Waals surface area contributed by atoms with Gasteiger partial charge in [0.25, 0.3) is 5.91 Å². The van der Waals surface area contributed by atoms with Gasteiger partial charge in [-0.15, -0.1) is 0 Å². The summed E-state index contributed by atoms with van der Waals surface area (Å²) in [4.78, 5) is 38.3. The van der Waals surface area contributed by atoms with E-state index in [1.165, 1.54) is 12.1 Å². The van der Waals surface area contributed by atoms with Crippen molar-refractivity contribution in [2.75, 3.05) is 19.7 Å². The molecule has 2 aliphatic heterocycles. The quantitative estimate of drug-likeness (QED) is 0.818. The number of carbonyl (C=O) groups is 3. The summed E-state index contributed by atoms with van der Waals surface area (Å²) in [5.74, 6) is -0.567. The molecule has 3 rings (SSSR count). The molecule has 0 saturated carbocycles. The van der Waals surface area contributed by atoms with E-state index in [9.17, 15) is 27.6 Å². The molecule has 0 spiro atoms. The molecular weight excluding hydrogens is 353 g/mol. The first kappa shape index (κ1) is 18.2. The lowest BCUT2D eigenvalue weighted by molar-refractivity contribution is -0.137. The van der Waals surface area contributed by atoms with E-state index in [0.29, 0.717) is 31.5 Å². The van der Waals surface area contributed by atoms with Gasteiger partial charge in [-0.2, -0.15) is 13.2 Å². The predicted molar refractivity (Wildman–Crippen MR) is 82.9 cm³/mol. The number of piperidine rings is 1. The van der Waals surface area contributed by atoms with Crippen LogP contribution in [0, 0.1) is 0 Å². The molecular formula is C17H17F3N2O4. The highest BCUT2D eigenvalue weighted by molar-refractivity contribution is 5.98. The van der Waals surface area contributed by atoms with Crippen molar-refractivity contribution in [3.05, 3.63) is 35.4 Å². The Morgan fingerprint density at radius 3 is 2.23 bits per heavy atom. The average molecular weight is 370 g/mol. The number of ether oxygens (including phenoxy) is 1. The predicted octanol–water partition coefficient (Wildman–Crippen LogP) is 2.22. The van der Waals surface area contributed by atoms with Crippen LogP contribution in [-0.4, -0.2) is 53.4 Å². The number of imide groups is 1. The van der Waals surface area contributed by atoms with Crippen LogP contribution in [0.1, 0.15) is 24.0 Å². The summed E-state index contributed by atoms with van der Waals surface area (Å²) in [5, 5.41) is 0. The van der Waals surface area contributed by atoms with Gasteiger partial charge in [0.2, 0.25) is 5.91 Å². The number of likely N-dealkylation sites (tertiary alicyclic amines) is 1. The van der Waals surface area contributed by atoms with Crippen LogP contribution < -0.4 is 0 Å². The molecule has 0 bridgehead atoms. The Morgan fingerprint density at radius 1 is 1.12 bits per heavy atom. The third kappa shape index (κ3) is 3.81. The van der Waals surface area contributed by atoms with Crippen molar-refractivity contribution in [2.45, 2.75) is 31.5 Å². The molecule has 0 radical (unpaired) electrons. The zero-order valence-corrected chi connectivity index (χ0v) is 13.8. The van der Waals surface area contributed by atoms with Gasteiger partial charge >= 0.3 is 12.3 Å². The molecule has 0 aliphatic carbocycles. The zero-order valence-electron chi connectivity index (χ0n) is 13.8. The van der Waals surface area contributed by atoms with Crippen LogP contribution in [0.4, 0.5) is 18.0 Å². The molecule has 1 aromatic carbocycles. The Kier molecular flexibility index (Phi) is 4.88. The van der Waals surface area contributed by atoms with Crippen LogP contribution in [0.5, 0.6) is 0 Å². The lowest BCUT2D eigenvalue weighted by Gasteiger charge is -2.34. The molecule has 6 nitrogen and oxygen atoms in total. The van der Waals surface area contributed by atoms with E-state index >= 15 is 0 Å². The van der Waals surface area contributed by atoms with Gasteiger partial charge in [-0.3, -0.25) is 9.59 Å². The van der Waals surface area contributed by atoms with Gasteiger partial charge in [0.05, 0.1) is 12.0 Å². The third-order valence-electron chi connectivity index (χ3n) is 4.60. The van der Waals surface area contributed by atoms with Gasteiger partial charge in [-0.05, 0) is 30.5 Å². The van der Waals surface area contributed by atoms with Crippen molar-refractivity contribution in [1.82, 2.24) is 9.80 Å². The topological polar surface area (TPSA) is 66.9 Å². The molecule has 0 N–H and O–H groups in total. The number of cyclic esters (lactones) is 1. The second kappa shape index (κ2) is 6.97. The fourth-order valence-electron chi connectivity index (χ4n) is 3.19. The summed E-state index contributed by atoms with van der Waals surface area (Å²) in [6.07, 6.45) is -4.13. The smallest absolute Gasteiger partial charge is 0.417 e. The second-order valence-electron chi connectivity index (χ2n) is 6.30. The fraction of sp³-hybridized carbons (Fsp3) is 0.471. The lowest BCUT2D eigenvalue weighted by atomic mass is 10.0. The third-order valence-corrected chi connectivity index (χ3v) is 4.60. The Hall–Kier alpha value is -2.58. The maximum absolute atomic E-state index is 12.6. The van der Waals surface area contributed by atoms with Crippen molar-refractivity contribution in [3.63, 3.8) is 0 Å². The number of benzene rings is 1. The first-order chi connectivity index (χ1) is 12.3. The molecule has 140 valence electrons. The van der Waals surface area contributed by atoms with Crippen LogP contribution in [-0.2, 0) is 26.9 Å². The number of hydrogen-bond acceptors (Lipinski definition) is 4. The van der Waals surface area contributed by atoms with E-state index in [4.69, 9.17) is 4.74 Å². The summed E-state index contributed by atoms with van der Waals surface area (Å²) in [5.41, 5.74) is -0.250. The van der Waals surface area contributed by atoms with Gasteiger partial charge < -0.3 is 9.64 Å². The van der Waals surface area contributed by atoms with Crippen molar-refractivity contribution in [3.8, 4) is 0 Å². The molecule has 0 atom stereocenters. The Morgan fingerprint density at radius 2 is 1.73 bits per heavy atom. The van der Waals surface area contributed by atoms with Crippen LogP contribution in [0.2, 0.25) is 0 Å². The number of amides is 3. The highest BCUT2D eigenvalue weighted by Gasteiger charge is 2.39.